The zero-order valence-corrected chi connectivity index (χ0v) is 15.1. The van der Waals surface area contributed by atoms with Crippen LogP contribution in [-0.4, -0.2) is 55.5 Å². The zero-order valence-electron chi connectivity index (χ0n) is 15.1. The molecule has 1 amide bonds. The Labute approximate surface area is 139 Å². The maximum absolute atomic E-state index is 12.2. The highest BCUT2D eigenvalue weighted by atomic mass is 16.6. The molecule has 1 rings (SSSR count). The van der Waals surface area contributed by atoms with E-state index in [1.807, 2.05) is 20.8 Å². The minimum absolute atomic E-state index is 0.196. The largest absolute Gasteiger partial charge is 0.469 e. The molecule has 1 aliphatic heterocycles. The zero-order chi connectivity index (χ0) is 17.5. The Balaban J connectivity index is 2.62. The van der Waals surface area contributed by atoms with Crippen LogP contribution in [0.15, 0.2) is 0 Å². The summed E-state index contributed by atoms with van der Waals surface area (Å²) in [5.74, 6) is -0.790. The van der Waals surface area contributed by atoms with E-state index in [4.69, 9.17) is 14.2 Å². The molecule has 0 spiro atoms. The number of hydrogen-bond donors (Lipinski definition) is 0. The number of esters is 1. The van der Waals surface area contributed by atoms with Crippen molar-refractivity contribution in [1.29, 1.82) is 0 Å². The smallest absolute Gasteiger partial charge is 0.410 e. The van der Waals surface area contributed by atoms with Crippen LogP contribution in [-0.2, 0) is 19.0 Å². The third-order valence-electron chi connectivity index (χ3n) is 3.78. The van der Waals surface area contributed by atoms with Gasteiger partial charge in [-0.3, -0.25) is 4.79 Å². The van der Waals surface area contributed by atoms with Gasteiger partial charge in [-0.1, -0.05) is 19.8 Å². The minimum Gasteiger partial charge on any atom is -0.469 e. The van der Waals surface area contributed by atoms with Crippen molar-refractivity contribution in [2.45, 2.75) is 65.1 Å². The van der Waals surface area contributed by atoms with Gasteiger partial charge in [0.05, 0.1) is 13.2 Å². The van der Waals surface area contributed by atoms with Crippen LogP contribution in [0, 0.1) is 5.92 Å². The van der Waals surface area contributed by atoms with Crippen LogP contribution in [0.2, 0.25) is 0 Å². The number of ether oxygens (including phenoxy) is 3. The Hall–Kier alpha value is -1.30. The van der Waals surface area contributed by atoms with E-state index in [1.165, 1.54) is 7.11 Å². The summed E-state index contributed by atoms with van der Waals surface area (Å²) in [5, 5.41) is 0. The lowest BCUT2D eigenvalue weighted by Gasteiger charge is -2.37. The van der Waals surface area contributed by atoms with Crippen molar-refractivity contribution in [3.05, 3.63) is 0 Å². The summed E-state index contributed by atoms with van der Waals surface area (Å²) < 4.78 is 16.1. The third kappa shape index (κ3) is 6.77. The van der Waals surface area contributed by atoms with Gasteiger partial charge in [-0.2, -0.15) is 0 Å². The van der Waals surface area contributed by atoms with Crippen LogP contribution in [0.1, 0.15) is 53.4 Å². The van der Waals surface area contributed by atoms with Gasteiger partial charge in [0.1, 0.15) is 11.5 Å². The lowest BCUT2D eigenvalue weighted by molar-refractivity contribution is -0.155. The Morgan fingerprint density at radius 3 is 2.48 bits per heavy atom. The summed E-state index contributed by atoms with van der Waals surface area (Å²) in [5.41, 5.74) is -0.550. The first kappa shape index (κ1) is 19.7. The lowest BCUT2D eigenvalue weighted by Crippen LogP contribution is -2.51. The van der Waals surface area contributed by atoms with E-state index in [0.717, 1.165) is 19.3 Å². The van der Waals surface area contributed by atoms with Gasteiger partial charge in [0.2, 0.25) is 0 Å². The molecule has 1 saturated heterocycles. The van der Waals surface area contributed by atoms with E-state index in [9.17, 15) is 9.59 Å². The van der Waals surface area contributed by atoms with Gasteiger partial charge in [0.15, 0.2) is 0 Å². The maximum Gasteiger partial charge on any atom is 0.410 e. The van der Waals surface area contributed by atoms with E-state index in [1.54, 1.807) is 4.90 Å². The van der Waals surface area contributed by atoms with Gasteiger partial charge in [-0.05, 0) is 33.6 Å². The summed E-state index contributed by atoms with van der Waals surface area (Å²) in [7, 11) is 1.36. The molecule has 0 radical (unpaired) electrons. The number of rotatable bonds is 6. The van der Waals surface area contributed by atoms with Crippen molar-refractivity contribution in [3.63, 3.8) is 0 Å². The predicted octanol–water partition coefficient (Wildman–Crippen LogP) is 2.99. The van der Waals surface area contributed by atoms with Crippen LogP contribution in [0.25, 0.3) is 0 Å². The van der Waals surface area contributed by atoms with Gasteiger partial charge >= 0.3 is 12.1 Å². The van der Waals surface area contributed by atoms with Crippen molar-refractivity contribution in [3.8, 4) is 0 Å². The van der Waals surface area contributed by atoms with Gasteiger partial charge < -0.3 is 19.1 Å². The van der Waals surface area contributed by atoms with Crippen molar-refractivity contribution in [2.24, 2.45) is 5.92 Å². The number of amides is 1. The van der Waals surface area contributed by atoms with Crippen molar-refractivity contribution >= 4 is 12.1 Å². The number of likely N-dealkylation sites (tertiary alicyclic amines) is 1. The maximum atomic E-state index is 12.2. The summed E-state index contributed by atoms with van der Waals surface area (Å²) in [4.78, 5) is 25.8. The van der Waals surface area contributed by atoms with Gasteiger partial charge in [-0.25, -0.2) is 4.79 Å². The fourth-order valence-corrected chi connectivity index (χ4v) is 2.59. The molecule has 6 nitrogen and oxygen atoms in total. The highest BCUT2D eigenvalue weighted by Gasteiger charge is 2.38. The molecular weight excluding hydrogens is 298 g/mol. The topological polar surface area (TPSA) is 65.1 Å². The van der Waals surface area contributed by atoms with E-state index in [2.05, 4.69) is 6.92 Å². The average Bonchev–Trinajstić information content (AvgIpc) is 2.49. The molecule has 0 aromatic rings. The quantitative estimate of drug-likeness (QED) is 0.553. The van der Waals surface area contributed by atoms with Crippen molar-refractivity contribution in [1.82, 2.24) is 4.90 Å². The number of nitrogens with zero attached hydrogens (tertiary/aromatic N) is 1. The fourth-order valence-electron chi connectivity index (χ4n) is 2.59. The molecule has 2 atom stereocenters. The molecule has 1 heterocycles. The highest BCUT2D eigenvalue weighted by Crippen LogP contribution is 2.23. The third-order valence-corrected chi connectivity index (χ3v) is 3.78. The Morgan fingerprint density at radius 2 is 1.91 bits per heavy atom. The van der Waals surface area contributed by atoms with Crippen LogP contribution in [0.4, 0.5) is 4.79 Å². The molecule has 1 aliphatic rings. The summed E-state index contributed by atoms with van der Waals surface area (Å²) in [6.07, 6.45) is 3.25. The molecule has 23 heavy (non-hydrogen) atoms. The second-order valence-electron chi connectivity index (χ2n) is 6.96. The van der Waals surface area contributed by atoms with Crippen LogP contribution in [0.3, 0.4) is 0 Å². The second kappa shape index (κ2) is 9.11. The molecule has 1 fully saturated rings. The van der Waals surface area contributed by atoms with Gasteiger partial charge in [0, 0.05) is 19.7 Å². The first-order chi connectivity index (χ1) is 10.8. The summed E-state index contributed by atoms with van der Waals surface area (Å²) in [6.45, 7) is 9.06. The standard InChI is InChI=1S/C17H31NO5/c1-6-7-8-11-22-14-9-10-18(12-13(14)15(19)21-5)16(20)23-17(2,3)4/h13-14H,6-12H2,1-5H3. The normalized spacial score (nSPS) is 21.9. The van der Waals surface area contributed by atoms with Gasteiger partial charge in [0.25, 0.3) is 0 Å². The highest BCUT2D eigenvalue weighted by molar-refractivity contribution is 5.75. The van der Waals surface area contributed by atoms with Crippen LogP contribution >= 0.6 is 0 Å². The molecule has 0 bridgehead atoms. The molecule has 134 valence electrons. The molecule has 6 heteroatoms. The van der Waals surface area contributed by atoms with E-state index >= 15 is 0 Å². The number of piperidine rings is 1. The number of methoxy groups -OCH3 is 1. The molecule has 0 aromatic heterocycles. The molecule has 0 N–H and O–H groups in total. The van der Waals surface area contributed by atoms with Gasteiger partial charge in [-0.15, -0.1) is 0 Å². The molecule has 0 aromatic carbocycles. The Morgan fingerprint density at radius 1 is 1.22 bits per heavy atom. The van der Waals surface area contributed by atoms with E-state index in [-0.39, 0.29) is 18.6 Å². The monoisotopic (exact) mass is 329 g/mol. The number of unbranched alkanes of at least 4 members (excludes halogenated alkanes) is 2. The second-order valence-corrected chi connectivity index (χ2v) is 6.96. The molecule has 0 saturated carbocycles. The summed E-state index contributed by atoms with van der Waals surface area (Å²) >= 11 is 0. The summed E-state index contributed by atoms with van der Waals surface area (Å²) in [6, 6.07) is 0. The molecule has 2 unspecified atom stereocenters. The minimum atomic E-state index is -0.550. The lowest BCUT2D eigenvalue weighted by atomic mass is 9.94. The van der Waals surface area contributed by atoms with E-state index < -0.39 is 17.6 Å². The van der Waals surface area contributed by atoms with Crippen LogP contribution in [0.5, 0.6) is 0 Å². The Kier molecular flexibility index (Phi) is 7.82. The fraction of sp³-hybridized carbons (Fsp3) is 0.882. The number of hydrogen-bond acceptors (Lipinski definition) is 5. The molecule has 0 aliphatic carbocycles. The van der Waals surface area contributed by atoms with Crippen molar-refractivity contribution in [2.75, 3.05) is 26.8 Å². The van der Waals surface area contributed by atoms with Crippen LogP contribution < -0.4 is 0 Å². The first-order valence-electron chi connectivity index (χ1n) is 8.45. The Bertz CT molecular complexity index is 391. The molecular formula is C17H31NO5. The average molecular weight is 329 g/mol. The van der Waals surface area contributed by atoms with Crippen molar-refractivity contribution < 1.29 is 23.8 Å². The number of carbonyl (C=O) groups excluding carboxylic acids is 2. The SMILES string of the molecule is CCCCCOC1CCN(C(=O)OC(C)(C)C)CC1C(=O)OC. The number of carbonyl (C=O) groups is 2. The van der Waals surface area contributed by atoms with E-state index in [0.29, 0.717) is 19.6 Å². The predicted molar refractivity (Wildman–Crippen MR) is 87.2 cm³/mol. The first-order valence-corrected chi connectivity index (χ1v) is 8.45.